The van der Waals surface area contributed by atoms with E-state index in [-0.39, 0.29) is 5.56 Å². The van der Waals surface area contributed by atoms with Crippen LogP contribution in [-0.2, 0) is 0 Å². The summed E-state index contributed by atoms with van der Waals surface area (Å²) in [7, 11) is 0. The molecule has 0 aliphatic rings. The molecular weight excluding hydrogens is 294 g/mol. The normalized spacial score (nSPS) is 11.2. The van der Waals surface area contributed by atoms with E-state index in [0.29, 0.717) is 5.13 Å². The van der Waals surface area contributed by atoms with Crippen molar-refractivity contribution in [3.8, 4) is 5.88 Å². The summed E-state index contributed by atoms with van der Waals surface area (Å²) in [6, 6.07) is 7.60. The largest absolute Gasteiger partial charge is 0.494 e. The molecule has 3 rings (SSSR count). The van der Waals surface area contributed by atoms with Crippen molar-refractivity contribution < 1.29 is 5.11 Å². The summed E-state index contributed by atoms with van der Waals surface area (Å²) < 4.78 is 1.000. The van der Waals surface area contributed by atoms with E-state index in [1.807, 2.05) is 29.2 Å². The van der Waals surface area contributed by atoms with Crippen LogP contribution in [0, 0.1) is 0 Å². The second kappa shape index (κ2) is 5.21. The van der Waals surface area contributed by atoms with Crippen LogP contribution in [0.15, 0.2) is 39.0 Å². The summed E-state index contributed by atoms with van der Waals surface area (Å²) in [6.07, 6.45) is 1.11. The molecule has 0 radical (unpaired) electrons. The topological polar surface area (TPSA) is 123 Å². The molecular formula is C12H9N5O3S. The van der Waals surface area contributed by atoms with Gasteiger partial charge in [0.2, 0.25) is 11.0 Å². The third-order valence-corrected chi connectivity index (χ3v) is 3.55. The third kappa shape index (κ3) is 2.67. The molecule has 0 spiro atoms. The average Bonchev–Trinajstić information content (AvgIpc) is 2.84. The number of hydrazone groups is 1. The van der Waals surface area contributed by atoms with Crippen molar-refractivity contribution in [2.45, 2.75) is 0 Å². The van der Waals surface area contributed by atoms with Crippen LogP contribution in [0.5, 0.6) is 5.88 Å². The summed E-state index contributed by atoms with van der Waals surface area (Å²) >= 11 is 1.40. The Morgan fingerprint density at radius 2 is 2.10 bits per heavy atom. The maximum absolute atomic E-state index is 11.5. The first-order valence-corrected chi connectivity index (χ1v) is 6.65. The maximum Gasteiger partial charge on any atom is 0.328 e. The van der Waals surface area contributed by atoms with Crippen molar-refractivity contribution in [1.82, 2.24) is 15.0 Å². The molecule has 1 aromatic carbocycles. The summed E-state index contributed by atoms with van der Waals surface area (Å²) in [5.74, 6) is -0.543. The van der Waals surface area contributed by atoms with Crippen LogP contribution in [-0.4, -0.2) is 26.3 Å². The van der Waals surface area contributed by atoms with E-state index in [1.54, 1.807) is 0 Å². The summed E-state index contributed by atoms with van der Waals surface area (Å²) in [5.41, 5.74) is 1.85. The molecule has 0 fully saturated rings. The van der Waals surface area contributed by atoms with Gasteiger partial charge in [0.05, 0.1) is 16.4 Å². The van der Waals surface area contributed by atoms with Crippen molar-refractivity contribution in [2.24, 2.45) is 5.10 Å². The quantitative estimate of drug-likeness (QED) is 0.421. The number of aromatic amines is 2. The van der Waals surface area contributed by atoms with Crippen LogP contribution in [0.3, 0.4) is 0 Å². The van der Waals surface area contributed by atoms with E-state index in [9.17, 15) is 14.7 Å². The second-order valence-corrected chi connectivity index (χ2v) is 5.06. The molecule has 21 heavy (non-hydrogen) atoms. The molecule has 0 amide bonds. The first kappa shape index (κ1) is 13.1. The fourth-order valence-corrected chi connectivity index (χ4v) is 2.49. The van der Waals surface area contributed by atoms with Crippen molar-refractivity contribution >= 4 is 32.9 Å². The summed E-state index contributed by atoms with van der Waals surface area (Å²) in [6.45, 7) is 0. The highest BCUT2D eigenvalue weighted by Crippen LogP contribution is 2.25. The lowest BCUT2D eigenvalue weighted by Gasteiger charge is -1.96. The average molecular weight is 303 g/mol. The smallest absolute Gasteiger partial charge is 0.328 e. The number of nitrogens with one attached hydrogen (secondary N) is 3. The lowest BCUT2D eigenvalue weighted by atomic mass is 10.3. The Bertz CT molecular complexity index is 907. The molecule has 0 atom stereocenters. The number of hydrogen-bond acceptors (Lipinski definition) is 7. The highest BCUT2D eigenvalue weighted by Gasteiger charge is 2.06. The predicted octanol–water partition coefficient (Wildman–Crippen LogP) is 0.824. The van der Waals surface area contributed by atoms with E-state index in [4.69, 9.17) is 0 Å². The van der Waals surface area contributed by atoms with Crippen LogP contribution >= 0.6 is 11.3 Å². The number of hydrogen-bond donors (Lipinski definition) is 4. The van der Waals surface area contributed by atoms with Crippen LogP contribution in [0.25, 0.3) is 10.2 Å². The molecule has 2 aromatic heterocycles. The molecule has 0 aliphatic carbocycles. The van der Waals surface area contributed by atoms with Gasteiger partial charge in [0.15, 0.2) is 0 Å². The van der Waals surface area contributed by atoms with Crippen molar-refractivity contribution in [2.75, 3.05) is 5.43 Å². The molecule has 0 saturated carbocycles. The fraction of sp³-hybridized carbons (Fsp3) is 0. The van der Waals surface area contributed by atoms with Gasteiger partial charge in [-0.3, -0.25) is 20.2 Å². The number of thiazole rings is 1. The van der Waals surface area contributed by atoms with Crippen LogP contribution < -0.4 is 16.7 Å². The van der Waals surface area contributed by atoms with Crippen molar-refractivity contribution in [1.29, 1.82) is 0 Å². The molecule has 9 heteroatoms. The Morgan fingerprint density at radius 3 is 2.86 bits per heavy atom. The number of aromatic nitrogens is 3. The Morgan fingerprint density at radius 1 is 1.29 bits per heavy atom. The summed E-state index contributed by atoms with van der Waals surface area (Å²) in [4.78, 5) is 30.7. The molecule has 3 aromatic rings. The lowest BCUT2D eigenvalue weighted by molar-refractivity contribution is 0.447. The first-order chi connectivity index (χ1) is 10.1. The van der Waals surface area contributed by atoms with Gasteiger partial charge in [0.25, 0.3) is 5.56 Å². The molecule has 0 saturated heterocycles. The zero-order chi connectivity index (χ0) is 14.8. The zero-order valence-electron chi connectivity index (χ0n) is 10.5. The number of H-pyrrole nitrogens is 2. The number of benzene rings is 1. The Balaban J connectivity index is 1.84. The number of anilines is 1. The number of fused-ring (bicyclic) bond motifs is 1. The van der Waals surface area contributed by atoms with Gasteiger partial charge in [-0.2, -0.15) is 5.10 Å². The van der Waals surface area contributed by atoms with Crippen molar-refractivity contribution in [3.05, 3.63) is 50.7 Å². The van der Waals surface area contributed by atoms with Crippen LogP contribution in [0.1, 0.15) is 5.56 Å². The molecule has 106 valence electrons. The Labute approximate surface area is 120 Å². The van der Waals surface area contributed by atoms with Gasteiger partial charge in [-0.25, -0.2) is 9.78 Å². The van der Waals surface area contributed by atoms with Gasteiger partial charge in [0.1, 0.15) is 5.56 Å². The molecule has 0 bridgehead atoms. The highest BCUT2D eigenvalue weighted by atomic mass is 32.1. The predicted molar refractivity (Wildman–Crippen MR) is 80.2 cm³/mol. The Kier molecular flexibility index (Phi) is 3.24. The number of nitrogens with zero attached hydrogens (tertiary/aromatic N) is 2. The van der Waals surface area contributed by atoms with Crippen LogP contribution in [0.4, 0.5) is 5.13 Å². The molecule has 0 aliphatic heterocycles. The van der Waals surface area contributed by atoms with Gasteiger partial charge in [-0.1, -0.05) is 23.5 Å². The molecule has 2 heterocycles. The molecule has 4 N–H and O–H groups in total. The monoisotopic (exact) mass is 303 g/mol. The number of aromatic hydroxyl groups is 1. The van der Waals surface area contributed by atoms with Crippen LogP contribution in [0.2, 0.25) is 0 Å². The van der Waals surface area contributed by atoms with Gasteiger partial charge >= 0.3 is 5.69 Å². The minimum Gasteiger partial charge on any atom is -0.494 e. The standard InChI is InChI=1S/C12H9N5O3S/c18-9-6(10(19)16-11(20)15-9)5-13-17-12-14-7-3-1-2-4-8(7)21-12/h1-5H,(H,14,17)(H3,15,16,18,19,20)/b13-5+. The minimum atomic E-state index is -0.784. The van der Waals surface area contributed by atoms with Gasteiger partial charge in [-0.05, 0) is 12.1 Å². The van der Waals surface area contributed by atoms with Gasteiger partial charge in [0, 0.05) is 0 Å². The van der Waals surface area contributed by atoms with E-state index >= 15 is 0 Å². The highest BCUT2D eigenvalue weighted by molar-refractivity contribution is 7.22. The van der Waals surface area contributed by atoms with Gasteiger partial charge < -0.3 is 5.11 Å². The SMILES string of the molecule is O=c1[nH]c(O)c(/C=N/Nc2nc3ccccc3s2)c(=O)[nH]1. The van der Waals surface area contributed by atoms with Gasteiger partial charge in [-0.15, -0.1) is 0 Å². The fourth-order valence-electron chi connectivity index (χ4n) is 1.68. The number of rotatable bonds is 3. The maximum atomic E-state index is 11.5. The summed E-state index contributed by atoms with van der Waals surface area (Å²) in [5, 5.41) is 13.9. The number of para-hydroxylation sites is 1. The van der Waals surface area contributed by atoms with E-state index < -0.39 is 17.1 Å². The van der Waals surface area contributed by atoms with E-state index in [0.717, 1.165) is 16.4 Å². The van der Waals surface area contributed by atoms with E-state index in [1.165, 1.54) is 11.3 Å². The molecule has 0 unspecified atom stereocenters. The molecule has 8 nitrogen and oxygen atoms in total. The minimum absolute atomic E-state index is 0.150. The zero-order valence-corrected chi connectivity index (χ0v) is 11.3. The van der Waals surface area contributed by atoms with Crippen molar-refractivity contribution in [3.63, 3.8) is 0 Å². The third-order valence-electron chi connectivity index (χ3n) is 2.61. The second-order valence-electron chi connectivity index (χ2n) is 4.03. The first-order valence-electron chi connectivity index (χ1n) is 5.84. The van der Waals surface area contributed by atoms with E-state index in [2.05, 4.69) is 20.5 Å². The Hall–Kier alpha value is -2.94. The lowest BCUT2D eigenvalue weighted by Crippen LogP contribution is -2.25.